The van der Waals surface area contributed by atoms with Gasteiger partial charge in [-0.1, -0.05) is 12.1 Å². The number of aromatic nitrogens is 2. The van der Waals surface area contributed by atoms with E-state index in [2.05, 4.69) is 32.6 Å². The van der Waals surface area contributed by atoms with Crippen molar-refractivity contribution in [2.75, 3.05) is 0 Å². The lowest BCUT2D eigenvalue weighted by atomic mass is 10.0. The molecule has 6 heteroatoms. The maximum Gasteiger partial charge on any atom is 0.255 e. The van der Waals surface area contributed by atoms with Crippen LogP contribution in [0.1, 0.15) is 21.6 Å². The normalized spacial score (nSPS) is 13.3. The lowest BCUT2D eigenvalue weighted by Crippen LogP contribution is -2.25. The van der Waals surface area contributed by atoms with Crippen LogP contribution in [-0.4, -0.2) is 25.9 Å². The zero-order valence-electron chi connectivity index (χ0n) is 12.0. The highest BCUT2D eigenvalue weighted by molar-refractivity contribution is 14.1. The summed E-state index contributed by atoms with van der Waals surface area (Å²) in [4.78, 5) is 23.0. The fraction of sp³-hybridized carbons (Fsp3) is 0.118. The number of amides is 1. The molecule has 1 amide bonds. The van der Waals surface area contributed by atoms with Gasteiger partial charge in [-0.2, -0.15) is 0 Å². The number of phenolic OH excluding ortho intramolecular Hbond substituents is 1. The van der Waals surface area contributed by atoms with Crippen molar-refractivity contribution in [3.05, 3.63) is 63.2 Å². The number of fused-ring (bicyclic) bond motifs is 2. The lowest BCUT2D eigenvalue weighted by Gasteiger charge is -2.17. The summed E-state index contributed by atoms with van der Waals surface area (Å²) in [6.45, 7) is 0.965. The Morgan fingerprint density at radius 3 is 2.96 bits per heavy atom. The van der Waals surface area contributed by atoms with Crippen LogP contribution >= 0.6 is 22.6 Å². The zero-order chi connectivity index (χ0) is 16.0. The topological polar surface area (TPSA) is 66.3 Å². The van der Waals surface area contributed by atoms with Crippen molar-refractivity contribution >= 4 is 39.3 Å². The van der Waals surface area contributed by atoms with Crippen molar-refractivity contribution in [2.24, 2.45) is 0 Å². The van der Waals surface area contributed by atoms with Crippen LogP contribution in [0.2, 0.25) is 0 Å². The molecule has 1 aliphatic rings. The van der Waals surface area contributed by atoms with E-state index < -0.39 is 0 Å². The first kappa shape index (κ1) is 14.4. The molecule has 0 spiro atoms. The third kappa shape index (κ3) is 2.42. The largest absolute Gasteiger partial charge is 0.508 e. The minimum Gasteiger partial charge on any atom is -0.508 e. The van der Waals surface area contributed by atoms with E-state index in [-0.39, 0.29) is 11.7 Å². The van der Waals surface area contributed by atoms with Crippen LogP contribution in [-0.2, 0) is 13.1 Å². The summed E-state index contributed by atoms with van der Waals surface area (Å²) in [5.74, 6) is -0.00707. The van der Waals surface area contributed by atoms with Crippen LogP contribution < -0.4 is 0 Å². The first-order valence-corrected chi connectivity index (χ1v) is 8.19. The van der Waals surface area contributed by atoms with Crippen molar-refractivity contribution in [3.63, 3.8) is 0 Å². The first-order valence-electron chi connectivity index (χ1n) is 7.12. The molecule has 1 aromatic heterocycles. The summed E-state index contributed by atoms with van der Waals surface area (Å²) in [7, 11) is 0. The third-order valence-electron chi connectivity index (χ3n) is 4.01. The van der Waals surface area contributed by atoms with Gasteiger partial charge in [-0.3, -0.25) is 4.79 Å². The van der Waals surface area contributed by atoms with Gasteiger partial charge in [0.2, 0.25) is 0 Å². The van der Waals surface area contributed by atoms with Gasteiger partial charge < -0.3 is 10.0 Å². The molecule has 0 saturated heterocycles. The SMILES string of the molecule is O=C(c1cc(O)cc2cccc(I)c12)N1Cc2cncnc2C1. The zero-order valence-corrected chi connectivity index (χ0v) is 14.2. The van der Waals surface area contributed by atoms with Crippen LogP contribution in [0.25, 0.3) is 10.8 Å². The van der Waals surface area contributed by atoms with Crippen LogP contribution in [0, 0.1) is 3.57 Å². The number of rotatable bonds is 1. The van der Waals surface area contributed by atoms with Gasteiger partial charge in [-0.15, -0.1) is 0 Å². The Morgan fingerprint density at radius 1 is 1.26 bits per heavy atom. The molecule has 0 atom stereocenters. The predicted octanol–water partition coefficient (Wildman–Crippen LogP) is 3.10. The highest BCUT2D eigenvalue weighted by Gasteiger charge is 2.27. The van der Waals surface area contributed by atoms with E-state index in [0.29, 0.717) is 18.7 Å². The molecule has 2 aromatic carbocycles. The van der Waals surface area contributed by atoms with Crippen LogP contribution in [0.4, 0.5) is 0 Å². The second-order valence-corrected chi connectivity index (χ2v) is 6.65. The van der Waals surface area contributed by atoms with Gasteiger partial charge in [-0.05, 0) is 46.2 Å². The second-order valence-electron chi connectivity index (χ2n) is 5.49. The van der Waals surface area contributed by atoms with Crippen LogP contribution in [0.3, 0.4) is 0 Å². The van der Waals surface area contributed by atoms with E-state index in [0.717, 1.165) is 25.6 Å². The maximum absolute atomic E-state index is 13.0. The van der Waals surface area contributed by atoms with E-state index >= 15 is 0 Å². The molecular formula is C17H12IN3O2. The van der Waals surface area contributed by atoms with E-state index in [1.807, 2.05) is 18.2 Å². The minimum absolute atomic E-state index is 0.0966. The standard InChI is InChI=1S/C17H12IN3O2/c18-14-3-1-2-10-4-12(22)5-13(16(10)14)17(23)21-7-11-6-19-9-20-15(11)8-21/h1-6,9,22H,7-8H2. The predicted molar refractivity (Wildman–Crippen MR) is 93.9 cm³/mol. The number of benzene rings is 2. The van der Waals surface area contributed by atoms with Gasteiger partial charge in [0.1, 0.15) is 12.1 Å². The van der Waals surface area contributed by atoms with Gasteiger partial charge >= 0.3 is 0 Å². The van der Waals surface area contributed by atoms with Gasteiger partial charge in [0.15, 0.2) is 0 Å². The number of aromatic hydroxyl groups is 1. The number of phenols is 1. The number of carbonyl (C=O) groups excluding carboxylic acids is 1. The second kappa shape index (κ2) is 5.45. The molecule has 3 aromatic rings. The lowest BCUT2D eigenvalue weighted by molar-refractivity contribution is 0.0752. The monoisotopic (exact) mass is 417 g/mol. The van der Waals surface area contributed by atoms with Crippen LogP contribution in [0.5, 0.6) is 5.75 Å². The molecular weight excluding hydrogens is 405 g/mol. The fourth-order valence-corrected chi connectivity index (χ4v) is 3.76. The molecule has 2 heterocycles. The summed E-state index contributed by atoms with van der Waals surface area (Å²) in [6, 6.07) is 9.00. The number of hydrogen-bond donors (Lipinski definition) is 1. The van der Waals surface area contributed by atoms with Crippen molar-refractivity contribution < 1.29 is 9.90 Å². The molecule has 0 aliphatic carbocycles. The Kier molecular flexibility index (Phi) is 3.41. The van der Waals surface area contributed by atoms with Gasteiger partial charge in [0.05, 0.1) is 17.8 Å². The molecule has 0 unspecified atom stereocenters. The number of hydrogen-bond acceptors (Lipinski definition) is 4. The Labute approximate surface area is 146 Å². The fourth-order valence-electron chi connectivity index (χ4n) is 2.95. The Balaban J connectivity index is 1.80. The van der Waals surface area contributed by atoms with Gasteiger partial charge in [-0.25, -0.2) is 9.97 Å². The molecule has 23 heavy (non-hydrogen) atoms. The van der Waals surface area contributed by atoms with Gasteiger partial charge in [0, 0.05) is 27.3 Å². The number of nitrogens with zero attached hydrogens (tertiary/aromatic N) is 3. The Hall–Kier alpha value is -2.22. The summed E-state index contributed by atoms with van der Waals surface area (Å²) in [5.41, 5.74) is 2.37. The molecule has 114 valence electrons. The smallest absolute Gasteiger partial charge is 0.255 e. The molecule has 5 nitrogen and oxygen atoms in total. The molecule has 0 saturated carbocycles. The Bertz CT molecular complexity index is 917. The molecule has 0 bridgehead atoms. The third-order valence-corrected chi connectivity index (χ3v) is 4.91. The van der Waals surface area contributed by atoms with Crippen molar-refractivity contribution in [3.8, 4) is 5.75 Å². The molecule has 1 N–H and O–H groups in total. The Morgan fingerprint density at radius 2 is 2.13 bits per heavy atom. The summed E-state index contributed by atoms with van der Waals surface area (Å²) < 4.78 is 0.986. The average Bonchev–Trinajstić information content (AvgIpc) is 2.97. The molecule has 4 rings (SSSR count). The van der Waals surface area contributed by atoms with Crippen molar-refractivity contribution in [1.29, 1.82) is 0 Å². The van der Waals surface area contributed by atoms with E-state index in [9.17, 15) is 9.90 Å². The van der Waals surface area contributed by atoms with Crippen LogP contribution in [0.15, 0.2) is 42.9 Å². The van der Waals surface area contributed by atoms with E-state index in [4.69, 9.17) is 0 Å². The molecule has 1 aliphatic heterocycles. The molecule has 0 fully saturated rings. The highest BCUT2D eigenvalue weighted by atomic mass is 127. The summed E-state index contributed by atoms with van der Waals surface area (Å²) >= 11 is 2.22. The van der Waals surface area contributed by atoms with Gasteiger partial charge in [0.25, 0.3) is 5.91 Å². The van der Waals surface area contributed by atoms with Crippen molar-refractivity contribution in [2.45, 2.75) is 13.1 Å². The number of halogens is 1. The highest BCUT2D eigenvalue weighted by Crippen LogP contribution is 2.31. The van der Waals surface area contributed by atoms with Crippen molar-refractivity contribution in [1.82, 2.24) is 14.9 Å². The average molecular weight is 417 g/mol. The quantitative estimate of drug-likeness (QED) is 0.619. The van der Waals surface area contributed by atoms with E-state index in [1.54, 1.807) is 23.2 Å². The number of carbonyl (C=O) groups is 1. The minimum atomic E-state index is -0.104. The molecule has 0 radical (unpaired) electrons. The van der Waals surface area contributed by atoms with E-state index in [1.165, 1.54) is 6.33 Å². The summed E-state index contributed by atoms with van der Waals surface area (Å²) in [6.07, 6.45) is 3.25. The maximum atomic E-state index is 13.0. The summed E-state index contributed by atoms with van der Waals surface area (Å²) in [5, 5.41) is 11.7. The first-order chi connectivity index (χ1) is 11.1.